The molecule has 0 amide bonds. The highest BCUT2D eigenvalue weighted by Gasteiger charge is 2.35. The van der Waals surface area contributed by atoms with Gasteiger partial charge in [0.05, 0.1) is 5.41 Å². The Bertz CT molecular complexity index is 387. The first kappa shape index (κ1) is 11.3. The normalized spacial score (nSPS) is 14.2. The molecule has 0 heterocycles. The van der Waals surface area contributed by atoms with E-state index in [2.05, 4.69) is 6.58 Å². The molecule has 80 valence electrons. The molecule has 0 aliphatic carbocycles. The van der Waals surface area contributed by atoms with Crippen molar-refractivity contribution in [3.8, 4) is 0 Å². The van der Waals surface area contributed by atoms with E-state index in [4.69, 9.17) is 5.73 Å². The highest BCUT2D eigenvalue weighted by molar-refractivity contribution is 5.83. The number of nitrogens with two attached hydrogens (primary N) is 1. The summed E-state index contributed by atoms with van der Waals surface area (Å²) in [4.78, 5) is 11.3. The Hall–Kier alpha value is -1.77. The smallest absolute Gasteiger partial charge is 0.314 e. The zero-order valence-electron chi connectivity index (χ0n) is 8.73. The Morgan fingerprint density at radius 1 is 1.60 bits per heavy atom. The van der Waals surface area contributed by atoms with Crippen molar-refractivity contribution in [2.24, 2.45) is 0 Å². The highest BCUT2D eigenvalue weighted by atomic mass is 16.4. The minimum Gasteiger partial charge on any atom is -0.481 e. The molecule has 0 fully saturated rings. The number of carbonyl (C=O) groups is 1. The molecule has 0 bridgehead atoms. The van der Waals surface area contributed by atoms with E-state index in [0.29, 0.717) is 17.7 Å². The maximum absolute atomic E-state index is 11.3. The maximum Gasteiger partial charge on any atom is 0.314 e. The third-order valence-electron chi connectivity index (χ3n) is 2.58. The van der Waals surface area contributed by atoms with Gasteiger partial charge in [-0.25, -0.2) is 0 Å². The van der Waals surface area contributed by atoms with Gasteiger partial charge in [-0.15, -0.1) is 6.58 Å². The van der Waals surface area contributed by atoms with Crippen molar-refractivity contribution in [3.05, 3.63) is 42.5 Å². The highest BCUT2D eigenvalue weighted by Crippen LogP contribution is 2.32. The van der Waals surface area contributed by atoms with Crippen LogP contribution in [0.5, 0.6) is 0 Å². The molecule has 1 atom stereocenters. The predicted octanol–water partition coefficient (Wildman–Crippen LogP) is 2.19. The van der Waals surface area contributed by atoms with Crippen molar-refractivity contribution in [3.63, 3.8) is 0 Å². The van der Waals surface area contributed by atoms with Crippen LogP contribution in [0.2, 0.25) is 0 Å². The Labute approximate surface area is 89.2 Å². The number of hydrogen-bond acceptors (Lipinski definition) is 2. The molecule has 1 unspecified atom stereocenters. The van der Waals surface area contributed by atoms with E-state index in [0.717, 1.165) is 0 Å². The lowest BCUT2D eigenvalue weighted by atomic mass is 9.79. The fourth-order valence-corrected chi connectivity index (χ4v) is 1.60. The van der Waals surface area contributed by atoms with Crippen LogP contribution in [0.15, 0.2) is 36.9 Å². The van der Waals surface area contributed by atoms with Crippen LogP contribution in [-0.4, -0.2) is 11.1 Å². The number of para-hydroxylation sites is 1. The van der Waals surface area contributed by atoms with Gasteiger partial charge < -0.3 is 10.8 Å². The molecule has 15 heavy (non-hydrogen) atoms. The number of rotatable bonds is 4. The lowest BCUT2D eigenvalue weighted by Gasteiger charge is -2.25. The quantitative estimate of drug-likeness (QED) is 0.585. The van der Waals surface area contributed by atoms with Gasteiger partial charge in [-0.2, -0.15) is 0 Å². The van der Waals surface area contributed by atoms with E-state index in [1.165, 1.54) is 0 Å². The molecule has 0 aromatic heterocycles. The largest absolute Gasteiger partial charge is 0.481 e. The second-order valence-electron chi connectivity index (χ2n) is 3.72. The fraction of sp³-hybridized carbons (Fsp3) is 0.250. The predicted molar refractivity (Wildman–Crippen MR) is 60.7 cm³/mol. The summed E-state index contributed by atoms with van der Waals surface area (Å²) >= 11 is 0. The van der Waals surface area contributed by atoms with Gasteiger partial charge in [-0.1, -0.05) is 24.3 Å². The van der Waals surface area contributed by atoms with Crippen molar-refractivity contribution in [1.82, 2.24) is 0 Å². The van der Waals surface area contributed by atoms with Crippen LogP contribution in [-0.2, 0) is 10.2 Å². The molecule has 3 nitrogen and oxygen atoms in total. The molecule has 0 saturated heterocycles. The van der Waals surface area contributed by atoms with Crippen LogP contribution >= 0.6 is 0 Å². The van der Waals surface area contributed by atoms with Gasteiger partial charge in [0.1, 0.15) is 0 Å². The molecular formula is C12H15NO2. The number of hydrogen-bond donors (Lipinski definition) is 2. The van der Waals surface area contributed by atoms with E-state index in [9.17, 15) is 9.90 Å². The van der Waals surface area contributed by atoms with Crippen molar-refractivity contribution in [2.75, 3.05) is 5.73 Å². The monoisotopic (exact) mass is 205 g/mol. The zero-order valence-corrected chi connectivity index (χ0v) is 8.73. The van der Waals surface area contributed by atoms with Crippen LogP contribution in [0.3, 0.4) is 0 Å². The van der Waals surface area contributed by atoms with E-state index >= 15 is 0 Å². The van der Waals surface area contributed by atoms with Crippen molar-refractivity contribution in [1.29, 1.82) is 0 Å². The van der Waals surface area contributed by atoms with Gasteiger partial charge in [-0.05, 0) is 25.0 Å². The fourth-order valence-electron chi connectivity index (χ4n) is 1.60. The van der Waals surface area contributed by atoms with Crippen LogP contribution in [0.25, 0.3) is 0 Å². The molecule has 1 aromatic rings. The average Bonchev–Trinajstić information content (AvgIpc) is 2.18. The third kappa shape index (κ3) is 2.01. The van der Waals surface area contributed by atoms with Gasteiger partial charge in [0.25, 0.3) is 0 Å². The minimum atomic E-state index is -0.993. The number of nitrogen functional groups attached to an aromatic ring is 1. The number of benzene rings is 1. The second-order valence-corrected chi connectivity index (χ2v) is 3.72. The third-order valence-corrected chi connectivity index (χ3v) is 2.58. The van der Waals surface area contributed by atoms with Crippen LogP contribution in [0.1, 0.15) is 18.9 Å². The van der Waals surface area contributed by atoms with Gasteiger partial charge in [0, 0.05) is 5.69 Å². The molecule has 0 aliphatic heterocycles. The average molecular weight is 205 g/mol. The van der Waals surface area contributed by atoms with E-state index in [-0.39, 0.29) is 0 Å². The number of anilines is 1. The molecule has 1 rings (SSSR count). The first-order chi connectivity index (χ1) is 7.02. The first-order valence-corrected chi connectivity index (χ1v) is 4.71. The molecule has 3 heteroatoms. The van der Waals surface area contributed by atoms with Crippen molar-refractivity contribution < 1.29 is 9.90 Å². The molecule has 0 saturated carbocycles. The lowest BCUT2D eigenvalue weighted by molar-refractivity contribution is -0.143. The summed E-state index contributed by atoms with van der Waals surface area (Å²) in [6.45, 7) is 5.23. The van der Waals surface area contributed by atoms with Crippen LogP contribution in [0.4, 0.5) is 5.69 Å². The summed E-state index contributed by atoms with van der Waals surface area (Å²) < 4.78 is 0. The van der Waals surface area contributed by atoms with E-state index in [1.807, 2.05) is 0 Å². The maximum atomic E-state index is 11.3. The summed E-state index contributed by atoms with van der Waals surface area (Å²) in [5.74, 6) is -0.889. The zero-order chi connectivity index (χ0) is 11.5. The molecule has 0 radical (unpaired) electrons. The topological polar surface area (TPSA) is 63.3 Å². The van der Waals surface area contributed by atoms with Gasteiger partial charge in [0.15, 0.2) is 0 Å². The standard InChI is InChI=1S/C12H15NO2/c1-3-8-12(2,11(14)15)9-6-4-5-7-10(9)13/h3-7H,1,8,13H2,2H3,(H,14,15). The first-order valence-electron chi connectivity index (χ1n) is 4.71. The summed E-state index contributed by atoms with van der Waals surface area (Å²) in [6, 6.07) is 7.03. The van der Waals surface area contributed by atoms with Crippen molar-refractivity contribution in [2.45, 2.75) is 18.8 Å². The van der Waals surface area contributed by atoms with Crippen LogP contribution < -0.4 is 5.73 Å². The summed E-state index contributed by atoms with van der Waals surface area (Å²) in [5.41, 5.74) is 5.92. The van der Waals surface area contributed by atoms with Gasteiger partial charge in [-0.3, -0.25) is 4.79 Å². The summed E-state index contributed by atoms with van der Waals surface area (Å²) in [5, 5.41) is 9.24. The lowest BCUT2D eigenvalue weighted by Crippen LogP contribution is -2.32. The van der Waals surface area contributed by atoms with Crippen molar-refractivity contribution >= 4 is 11.7 Å². The number of allylic oxidation sites excluding steroid dienone is 1. The molecular weight excluding hydrogens is 190 g/mol. The molecule has 1 aromatic carbocycles. The van der Waals surface area contributed by atoms with E-state index in [1.54, 1.807) is 37.3 Å². The Kier molecular flexibility index (Phi) is 3.14. The van der Waals surface area contributed by atoms with Gasteiger partial charge >= 0.3 is 5.97 Å². The number of carboxylic acid groups (broad SMARTS) is 1. The Morgan fingerprint density at radius 3 is 2.67 bits per heavy atom. The second kappa shape index (κ2) is 4.17. The SMILES string of the molecule is C=CCC(C)(C(=O)O)c1ccccc1N. The molecule has 0 aliphatic rings. The molecule has 3 N–H and O–H groups in total. The number of carboxylic acids is 1. The minimum absolute atomic E-state index is 0.358. The Morgan fingerprint density at radius 2 is 2.20 bits per heavy atom. The number of aliphatic carboxylic acids is 1. The van der Waals surface area contributed by atoms with Gasteiger partial charge in [0.2, 0.25) is 0 Å². The Balaban J connectivity index is 3.27. The summed E-state index contributed by atoms with van der Waals surface area (Å²) in [6.07, 6.45) is 1.96. The summed E-state index contributed by atoms with van der Waals surface area (Å²) in [7, 11) is 0. The van der Waals surface area contributed by atoms with Crippen LogP contribution in [0, 0.1) is 0 Å². The van der Waals surface area contributed by atoms with E-state index < -0.39 is 11.4 Å². The molecule has 0 spiro atoms.